The maximum absolute atomic E-state index is 13.0. The SMILES string of the molecule is CCOC(=O)C1=C(COCCCN(C)C)NC(C)=C(C(=O)OC)C1c1ccccc1Cl. The minimum absolute atomic E-state index is 0.175. The second kappa shape index (κ2) is 11.9. The molecule has 0 amide bonds. The number of methoxy groups -OCH3 is 1. The zero-order valence-corrected chi connectivity index (χ0v) is 19.5. The summed E-state index contributed by atoms with van der Waals surface area (Å²) in [4.78, 5) is 27.8. The summed E-state index contributed by atoms with van der Waals surface area (Å²) in [5.41, 5.74) is 2.37. The highest BCUT2D eigenvalue weighted by molar-refractivity contribution is 6.31. The molecule has 31 heavy (non-hydrogen) atoms. The number of esters is 2. The summed E-state index contributed by atoms with van der Waals surface area (Å²) >= 11 is 6.48. The first-order valence-electron chi connectivity index (χ1n) is 10.2. The topological polar surface area (TPSA) is 77.1 Å². The molecule has 1 atom stereocenters. The van der Waals surface area contributed by atoms with Gasteiger partial charge in [-0.2, -0.15) is 0 Å². The fourth-order valence-electron chi connectivity index (χ4n) is 3.52. The van der Waals surface area contributed by atoms with Gasteiger partial charge in [0.25, 0.3) is 0 Å². The molecule has 2 rings (SSSR count). The van der Waals surface area contributed by atoms with Crippen LogP contribution in [0, 0.1) is 0 Å². The van der Waals surface area contributed by atoms with Crippen molar-refractivity contribution in [2.75, 3.05) is 47.6 Å². The number of allylic oxidation sites excluding steroid dienone is 1. The summed E-state index contributed by atoms with van der Waals surface area (Å²) < 4.78 is 16.2. The quantitative estimate of drug-likeness (QED) is 0.433. The van der Waals surface area contributed by atoms with E-state index in [1.807, 2.05) is 20.2 Å². The summed E-state index contributed by atoms with van der Waals surface area (Å²) in [5, 5.41) is 3.61. The fraction of sp³-hybridized carbons (Fsp3) is 0.478. The van der Waals surface area contributed by atoms with Gasteiger partial charge in [-0.25, -0.2) is 9.59 Å². The summed E-state index contributed by atoms with van der Waals surface area (Å²) in [7, 11) is 5.31. The van der Waals surface area contributed by atoms with Crippen LogP contribution >= 0.6 is 11.6 Å². The maximum Gasteiger partial charge on any atom is 0.336 e. The summed E-state index contributed by atoms with van der Waals surface area (Å²) in [6.07, 6.45) is 0.852. The molecule has 170 valence electrons. The number of dihydropyridines is 1. The van der Waals surface area contributed by atoms with E-state index < -0.39 is 17.9 Å². The van der Waals surface area contributed by atoms with Gasteiger partial charge in [0, 0.05) is 17.3 Å². The van der Waals surface area contributed by atoms with Gasteiger partial charge in [0.15, 0.2) is 0 Å². The molecule has 1 aromatic rings. The number of carbonyl (C=O) groups is 2. The van der Waals surface area contributed by atoms with Gasteiger partial charge in [-0.15, -0.1) is 0 Å². The third kappa shape index (κ3) is 6.32. The summed E-state index contributed by atoms with van der Waals surface area (Å²) in [6, 6.07) is 7.13. The molecular weight excluding hydrogens is 420 g/mol. The Morgan fingerprint density at radius 1 is 1.16 bits per heavy atom. The third-order valence-electron chi connectivity index (χ3n) is 4.90. The summed E-state index contributed by atoms with van der Waals surface area (Å²) in [6.45, 7) is 5.30. The van der Waals surface area contributed by atoms with Crippen molar-refractivity contribution in [1.82, 2.24) is 10.2 Å². The standard InChI is InChI=1S/C23H31ClN2O5/c1-6-31-23(28)21-18(14-30-13-9-12-26(3)4)25-15(2)19(22(27)29-5)20(21)16-10-7-8-11-17(16)24/h7-8,10-11,20,25H,6,9,12-14H2,1-5H3. The first kappa shape index (κ1) is 24.9. The van der Waals surface area contributed by atoms with E-state index in [0.717, 1.165) is 13.0 Å². The molecule has 1 aromatic carbocycles. The Morgan fingerprint density at radius 2 is 1.87 bits per heavy atom. The summed E-state index contributed by atoms with van der Waals surface area (Å²) in [5.74, 6) is -1.80. The average Bonchev–Trinajstić information content (AvgIpc) is 2.72. The first-order valence-corrected chi connectivity index (χ1v) is 10.6. The van der Waals surface area contributed by atoms with Crippen LogP contribution in [0.4, 0.5) is 0 Å². The molecule has 0 saturated heterocycles. The van der Waals surface area contributed by atoms with E-state index in [9.17, 15) is 9.59 Å². The molecular formula is C23H31ClN2O5. The van der Waals surface area contributed by atoms with Crippen molar-refractivity contribution in [3.05, 3.63) is 57.4 Å². The number of hydrogen-bond donors (Lipinski definition) is 1. The van der Waals surface area contributed by atoms with Crippen molar-refractivity contribution < 1.29 is 23.8 Å². The van der Waals surface area contributed by atoms with Gasteiger partial charge < -0.3 is 24.4 Å². The van der Waals surface area contributed by atoms with E-state index in [1.165, 1.54) is 7.11 Å². The van der Waals surface area contributed by atoms with Gasteiger partial charge in [0.05, 0.1) is 43.1 Å². The molecule has 1 unspecified atom stereocenters. The normalized spacial score (nSPS) is 16.4. The molecule has 1 aliphatic heterocycles. The van der Waals surface area contributed by atoms with Gasteiger partial charge in [-0.1, -0.05) is 29.8 Å². The molecule has 0 bridgehead atoms. The predicted molar refractivity (Wildman–Crippen MR) is 120 cm³/mol. The van der Waals surface area contributed by atoms with Gasteiger partial charge in [0.2, 0.25) is 0 Å². The zero-order chi connectivity index (χ0) is 23.0. The van der Waals surface area contributed by atoms with Crippen LogP contribution in [-0.4, -0.2) is 64.4 Å². The van der Waals surface area contributed by atoms with Crippen LogP contribution in [0.3, 0.4) is 0 Å². The Morgan fingerprint density at radius 3 is 2.48 bits per heavy atom. The van der Waals surface area contributed by atoms with E-state index >= 15 is 0 Å². The number of benzene rings is 1. The number of rotatable bonds is 10. The van der Waals surface area contributed by atoms with Crippen LogP contribution in [-0.2, 0) is 23.8 Å². The zero-order valence-electron chi connectivity index (χ0n) is 18.8. The smallest absolute Gasteiger partial charge is 0.336 e. The van der Waals surface area contributed by atoms with Crippen LogP contribution in [0.2, 0.25) is 5.02 Å². The highest BCUT2D eigenvalue weighted by Gasteiger charge is 2.39. The Hall–Kier alpha value is -2.35. The Bertz CT molecular complexity index is 863. The molecule has 1 heterocycles. The maximum atomic E-state index is 13.0. The van der Waals surface area contributed by atoms with Crippen LogP contribution in [0.1, 0.15) is 31.7 Å². The van der Waals surface area contributed by atoms with Crippen molar-refractivity contribution in [1.29, 1.82) is 0 Å². The van der Waals surface area contributed by atoms with E-state index in [0.29, 0.717) is 39.7 Å². The fourth-order valence-corrected chi connectivity index (χ4v) is 3.76. The largest absolute Gasteiger partial charge is 0.466 e. The molecule has 7 nitrogen and oxygen atoms in total. The Labute approximate surface area is 189 Å². The van der Waals surface area contributed by atoms with Crippen LogP contribution in [0.15, 0.2) is 46.8 Å². The number of nitrogens with zero attached hydrogens (tertiary/aromatic N) is 1. The molecule has 1 N–H and O–H groups in total. The lowest BCUT2D eigenvalue weighted by molar-refractivity contribution is -0.139. The van der Waals surface area contributed by atoms with Crippen molar-refractivity contribution >= 4 is 23.5 Å². The molecule has 0 fully saturated rings. The van der Waals surface area contributed by atoms with E-state index in [-0.39, 0.29) is 13.2 Å². The van der Waals surface area contributed by atoms with Gasteiger partial charge in [-0.05, 0) is 52.5 Å². The van der Waals surface area contributed by atoms with E-state index in [4.69, 9.17) is 25.8 Å². The molecule has 0 aromatic heterocycles. The lowest BCUT2D eigenvalue weighted by Crippen LogP contribution is -2.35. The highest BCUT2D eigenvalue weighted by atomic mass is 35.5. The number of carbonyl (C=O) groups excluding carboxylic acids is 2. The van der Waals surface area contributed by atoms with Crippen LogP contribution in [0.25, 0.3) is 0 Å². The number of ether oxygens (including phenoxy) is 3. The lowest BCUT2D eigenvalue weighted by atomic mass is 9.80. The second-order valence-corrected chi connectivity index (χ2v) is 7.84. The highest BCUT2D eigenvalue weighted by Crippen LogP contribution is 2.41. The number of nitrogens with one attached hydrogen (secondary N) is 1. The monoisotopic (exact) mass is 450 g/mol. The lowest BCUT2D eigenvalue weighted by Gasteiger charge is -2.31. The molecule has 0 saturated carbocycles. The Kier molecular flexibility index (Phi) is 9.55. The third-order valence-corrected chi connectivity index (χ3v) is 5.25. The number of halogens is 1. The van der Waals surface area contributed by atoms with Gasteiger partial charge in [0.1, 0.15) is 0 Å². The van der Waals surface area contributed by atoms with E-state index in [2.05, 4.69) is 10.2 Å². The van der Waals surface area contributed by atoms with Crippen molar-refractivity contribution in [2.24, 2.45) is 0 Å². The predicted octanol–water partition coefficient (Wildman–Crippen LogP) is 3.26. The number of hydrogen-bond acceptors (Lipinski definition) is 7. The molecule has 0 aliphatic carbocycles. The average molecular weight is 451 g/mol. The van der Waals surface area contributed by atoms with Crippen molar-refractivity contribution in [2.45, 2.75) is 26.2 Å². The Balaban J connectivity index is 2.50. The second-order valence-electron chi connectivity index (χ2n) is 7.43. The van der Waals surface area contributed by atoms with E-state index in [1.54, 1.807) is 32.0 Å². The molecule has 8 heteroatoms. The molecule has 0 radical (unpaired) electrons. The molecule has 1 aliphatic rings. The van der Waals surface area contributed by atoms with Crippen molar-refractivity contribution in [3.8, 4) is 0 Å². The minimum Gasteiger partial charge on any atom is -0.466 e. The van der Waals surface area contributed by atoms with Gasteiger partial charge >= 0.3 is 11.9 Å². The first-order chi connectivity index (χ1) is 14.8. The molecule has 0 spiro atoms. The van der Waals surface area contributed by atoms with Crippen molar-refractivity contribution in [3.63, 3.8) is 0 Å². The van der Waals surface area contributed by atoms with Crippen LogP contribution in [0.5, 0.6) is 0 Å². The minimum atomic E-state index is -0.734. The van der Waals surface area contributed by atoms with Gasteiger partial charge in [-0.3, -0.25) is 0 Å². The van der Waals surface area contributed by atoms with Crippen LogP contribution < -0.4 is 5.32 Å².